The topological polar surface area (TPSA) is 137 Å². The number of aliphatic carboxylic acids is 1. The van der Waals surface area contributed by atoms with Crippen LogP contribution in [0.25, 0.3) is 39.2 Å². The number of methoxy groups -OCH3 is 1. The van der Waals surface area contributed by atoms with Crippen LogP contribution in [0.3, 0.4) is 0 Å². The van der Waals surface area contributed by atoms with Crippen molar-refractivity contribution in [1.29, 1.82) is 0 Å². The summed E-state index contributed by atoms with van der Waals surface area (Å²) in [6.07, 6.45) is 3.28. The van der Waals surface area contributed by atoms with Gasteiger partial charge in [0.25, 0.3) is 0 Å². The lowest BCUT2D eigenvalue weighted by Gasteiger charge is -2.32. The molecule has 0 saturated carbocycles. The second-order valence-electron chi connectivity index (χ2n) is 14.9. The minimum atomic E-state index is -1.40. The third kappa shape index (κ3) is 9.32. The van der Waals surface area contributed by atoms with Gasteiger partial charge in [0, 0.05) is 62.7 Å². The molecule has 1 atom stereocenters. The van der Waals surface area contributed by atoms with Crippen molar-refractivity contribution in [3.05, 3.63) is 137 Å². The lowest BCUT2D eigenvalue weighted by molar-refractivity contribution is -0.145. The Balaban J connectivity index is 1.08. The van der Waals surface area contributed by atoms with Crippen molar-refractivity contribution in [2.75, 3.05) is 53.5 Å². The third-order valence-electron chi connectivity index (χ3n) is 10.9. The van der Waals surface area contributed by atoms with Gasteiger partial charge in [-0.15, -0.1) is 0 Å². The number of carboxylic acids is 1. The zero-order valence-electron chi connectivity index (χ0n) is 34.5. The van der Waals surface area contributed by atoms with Crippen molar-refractivity contribution < 1.29 is 33.2 Å². The van der Waals surface area contributed by atoms with Gasteiger partial charge in [0.15, 0.2) is 5.82 Å². The fourth-order valence-corrected chi connectivity index (χ4v) is 7.72. The number of fused-ring (bicyclic) bond motifs is 1. The molecule has 7 aromatic rings. The molecule has 1 unspecified atom stereocenters. The predicted molar refractivity (Wildman–Crippen MR) is 234 cm³/mol. The first-order chi connectivity index (χ1) is 30.2. The van der Waals surface area contributed by atoms with Crippen molar-refractivity contribution in [1.82, 2.24) is 34.4 Å². The molecule has 0 aliphatic carbocycles. The Morgan fingerprint density at radius 3 is 2.40 bits per heavy atom. The van der Waals surface area contributed by atoms with Crippen molar-refractivity contribution >= 4 is 23.1 Å². The lowest BCUT2D eigenvalue weighted by Crippen LogP contribution is -2.45. The molecule has 0 radical (unpaired) electrons. The summed E-state index contributed by atoms with van der Waals surface area (Å²) < 4.78 is 40.1. The van der Waals surface area contributed by atoms with Gasteiger partial charge in [-0.3, -0.25) is 4.90 Å². The monoisotopic (exact) mass is 857 g/mol. The summed E-state index contributed by atoms with van der Waals surface area (Å²) in [5.74, 6) is 0.571. The van der Waals surface area contributed by atoms with Crippen molar-refractivity contribution in [2.45, 2.75) is 26.1 Å². The number of ether oxygens (including phenoxy) is 4. The zero-order chi connectivity index (χ0) is 43.2. The molecule has 1 aliphatic rings. The van der Waals surface area contributed by atoms with Gasteiger partial charge in [-0.05, 0) is 78.7 Å². The van der Waals surface area contributed by atoms with E-state index in [-0.39, 0.29) is 24.7 Å². The van der Waals surface area contributed by atoms with Gasteiger partial charge in [0.05, 0.1) is 23.4 Å². The van der Waals surface area contributed by atoms with Crippen LogP contribution in [0.15, 0.2) is 110 Å². The fraction of sp³-hybridized carbons (Fsp3) is 0.255. The van der Waals surface area contributed by atoms with Crippen LogP contribution in [0.2, 0.25) is 5.02 Å². The molecular weight excluding hydrogens is 813 g/mol. The SMILES string of the molecule is COc1ccccc1-c1nccc(COc2ccccc2CC(Oc2ncnn3cc(-c4ccc(F)cc4)c(-c4ccc(OCCN5CCN(C)CC5)c(Cl)c4C)c23)C(=O)O)n1. The van der Waals surface area contributed by atoms with E-state index in [1.165, 1.54) is 18.5 Å². The molecule has 8 rings (SSSR count). The Bertz CT molecular complexity index is 2690. The van der Waals surface area contributed by atoms with Gasteiger partial charge in [0.1, 0.15) is 48.1 Å². The number of carbonyl (C=O) groups is 1. The molecule has 0 amide bonds. The second kappa shape index (κ2) is 19.0. The minimum Gasteiger partial charge on any atom is -0.496 e. The number of hydrogen-bond acceptors (Lipinski definition) is 11. The van der Waals surface area contributed by atoms with Crippen LogP contribution < -0.4 is 18.9 Å². The number of nitrogens with zero attached hydrogens (tertiary/aromatic N) is 7. The van der Waals surface area contributed by atoms with E-state index in [1.54, 1.807) is 60.4 Å². The number of carboxylic acid groups (broad SMARTS) is 1. The summed E-state index contributed by atoms with van der Waals surface area (Å²) >= 11 is 7.04. The van der Waals surface area contributed by atoms with Crippen molar-refractivity contribution in [2.24, 2.45) is 0 Å². The van der Waals surface area contributed by atoms with Crippen molar-refractivity contribution in [3.8, 4) is 56.8 Å². The maximum atomic E-state index is 14.2. The highest BCUT2D eigenvalue weighted by Gasteiger charge is 2.28. The van der Waals surface area contributed by atoms with Gasteiger partial charge in [-0.2, -0.15) is 10.1 Å². The number of rotatable bonds is 16. The van der Waals surface area contributed by atoms with E-state index in [4.69, 9.17) is 35.5 Å². The zero-order valence-corrected chi connectivity index (χ0v) is 35.3. The molecule has 62 heavy (non-hydrogen) atoms. The standard InChI is InChI=1S/C47H45ClFN7O6/c1-30-35(16-17-40(43(30)48)60-25-24-55-22-20-54(2)21-23-55)42-37(31-12-14-33(49)15-13-31)27-56-44(42)46(51-29-52-56)62-41(47(57)58)26-32-8-4-6-10-38(32)61-28-34-18-19-50-45(53-34)36-9-5-7-11-39(36)59-3/h4-19,27,29,41H,20-26,28H2,1-3H3,(H,57,58). The van der Waals surface area contributed by atoms with Crippen LogP contribution in [0.1, 0.15) is 16.8 Å². The first kappa shape index (κ1) is 42.1. The van der Waals surface area contributed by atoms with Crippen LogP contribution in [0.4, 0.5) is 4.39 Å². The maximum Gasteiger partial charge on any atom is 0.345 e. The molecule has 0 spiro atoms. The average molecular weight is 858 g/mol. The molecule has 1 fully saturated rings. The van der Waals surface area contributed by atoms with Crippen LogP contribution in [0, 0.1) is 12.7 Å². The van der Waals surface area contributed by atoms with Crippen molar-refractivity contribution in [3.63, 3.8) is 0 Å². The molecule has 0 bridgehead atoms. The quantitative estimate of drug-likeness (QED) is 0.101. The maximum absolute atomic E-state index is 14.2. The summed E-state index contributed by atoms with van der Waals surface area (Å²) in [6, 6.07) is 26.3. The highest BCUT2D eigenvalue weighted by molar-refractivity contribution is 6.33. The summed E-state index contributed by atoms with van der Waals surface area (Å²) in [7, 11) is 3.72. The van der Waals surface area contributed by atoms with Crippen LogP contribution in [-0.4, -0.2) is 105 Å². The number of benzene rings is 4. The van der Waals surface area contributed by atoms with E-state index in [0.29, 0.717) is 73.7 Å². The highest BCUT2D eigenvalue weighted by Crippen LogP contribution is 2.44. The lowest BCUT2D eigenvalue weighted by atomic mass is 9.94. The number of para-hydroxylation sites is 2. The van der Waals surface area contributed by atoms with E-state index >= 15 is 0 Å². The Morgan fingerprint density at radius 2 is 1.63 bits per heavy atom. The Kier molecular flexibility index (Phi) is 12.9. The molecule has 318 valence electrons. The smallest absolute Gasteiger partial charge is 0.345 e. The van der Waals surface area contributed by atoms with Crippen LogP contribution in [-0.2, 0) is 17.8 Å². The molecule has 1 aliphatic heterocycles. The van der Waals surface area contributed by atoms with E-state index in [1.807, 2.05) is 49.4 Å². The first-order valence-corrected chi connectivity index (χ1v) is 20.6. The van der Waals surface area contributed by atoms with E-state index < -0.39 is 12.1 Å². The van der Waals surface area contributed by atoms with Gasteiger partial charge in [0.2, 0.25) is 12.0 Å². The van der Waals surface area contributed by atoms with Gasteiger partial charge in [-0.25, -0.2) is 23.7 Å². The average Bonchev–Trinajstić information content (AvgIpc) is 3.68. The van der Waals surface area contributed by atoms with E-state index in [2.05, 4.69) is 31.9 Å². The molecule has 3 aromatic heterocycles. The number of aromatic nitrogens is 5. The normalized spacial score (nSPS) is 13.8. The van der Waals surface area contributed by atoms with E-state index in [0.717, 1.165) is 43.9 Å². The van der Waals surface area contributed by atoms with Crippen LogP contribution >= 0.6 is 11.6 Å². The fourth-order valence-electron chi connectivity index (χ4n) is 7.50. The second-order valence-corrected chi connectivity index (χ2v) is 15.3. The molecule has 4 aromatic carbocycles. The minimum absolute atomic E-state index is 0.0297. The number of halogens is 2. The van der Waals surface area contributed by atoms with E-state index in [9.17, 15) is 14.3 Å². The van der Waals surface area contributed by atoms with Crippen LogP contribution in [0.5, 0.6) is 23.1 Å². The molecule has 15 heteroatoms. The number of piperazine rings is 1. The highest BCUT2D eigenvalue weighted by atomic mass is 35.5. The summed E-state index contributed by atoms with van der Waals surface area (Å²) in [4.78, 5) is 31.3. The predicted octanol–water partition coefficient (Wildman–Crippen LogP) is 7.91. The first-order valence-electron chi connectivity index (χ1n) is 20.2. The number of likely N-dealkylation sites (N-methyl/N-ethyl adjacent to an activating group) is 1. The summed E-state index contributed by atoms with van der Waals surface area (Å²) in [5.41, 5.74) is 5.79. The molecule has 1 N–H and O–H groups in total. The van der Waals surface area contributed by atoms with Gasteiger partial charge < -0.3 is 29.0 Å². The molecular formula is C47H45ClFN7O6. The molecule has 13 nitrogen and oxygen atoms in total. The Labute approximate surface area is 363 Å². The molecule has 1 saturated heterocycles. The summed E-state index contributed by atoms with van der Waals surface area (Å²) in [5, 5.41) is 15.5. The summed E-state index contributed by atoms with van der Waals surface area (Å²) in [6.45, 7) is 7.22. The Morgan fingerprint density at radius 1 is 0.871 bits per heavy atom. The Hall–Kier alpha value is -6.61. The van der Waals surface area contributed by atoms with Gasteiger partial charge >= 0.3 is 5.97 Å². The van der Waals surface area contributed by atoms with Gasteiger partial charge in [-0.1, -0.05) is 60.1 Å². The third-order valence-corrected chi connectivity index (χ3v) is 11.4. The largest absolute Gasteiger partial charge is 0.496 e. The number of hydrogen-bond donors (Lipinski definition) is 1. The molecule has 4 heterocycles.